The first-order valence-electron chi connectivity index (χ1n) is 7.38. The number of fused-ring (bicyclic) bond motifs is 1. The third-order valence-corrected chi connectivity index (χ3v) is 3.27. The molecule has 1 heterocycles. The van der Waals surface area contributed by atoms with Gasteiger partial charge in [-0.25, -0.2) is 4.79 Å². The molecular formula is C18H17NO4. The Morgan fingerprint density at radius 3 is 2.70 bits per heavy atom. The molecule has 5 heteroatoms. The van der Waals surface area contributed by atoms with Gasteiger partial charge in [0.25, 0.3) is 0 Å². The number of nitrogens with one attached hydrogen (secondary N) is 1. The normalized spacial score (nSPS) is 10.5. The van der Waals surface area contributed by atoms with Gasteiger partial charge in [0.05, 0.1) is 6.61 Å². The number of carbonyl (C=O) groups is 1. The number of benzene rings is 2. The van der Waals surface area contributed by atoms with E-state index in [1.54, 1.807) is 13.0 Å². The number of hydrogen-bond donors (Lipinski definition) is 1. The number of rotatable bonds is 5. The predicted octanol–water partition coefficient (Wildman–Crippen LogP) is 4.28. The predicted molar refractivity (Wildman–Crippen MR) is 86.7 cm³/mol. The highest BCUT2D eigenvalue weighted by atomic mass is 16.7. The standard InChI is InChI=1S/C18H17NO4/c1-2-21-18(20)23-17-11-14-10-15(8-9-16(14)19-17)22-12-13-6-4-3-5-7-13/h3-11,19H,2,12H2,1H3. The van der Waals surface area contributed by atoms with Crippen molar-refractivity contribution in [1.29, 1.82) is 0 Å². The van der Waals surface area contributed by atoms with Crippen LogP contribution in [0.4, 0.5) is 4.79 Å². The van der Waals surface area contributed by atoms with E-state index in [-0.39, 0.29) is 6.61 Å². The lowest BCUT2D eigenvalue weighted by Gasteiger charge is -2.06. The highest BCUT2D eigenvalue weighted by Gasteiger charge is 2.09. The molecule has 0 aliphatic rings. The number of H-pyrrole nitrogens is 1. The minimum absolute atomic E-state index is 0.274. The van der Waals surface area contributed by atoms with Crippen molar-refractivity contribution in [2.75, 3.05) is 6.61 Å². The molecule has 118 valence electrons. The molecule has 0 saturated heterocycles. The van der Waals surface area contributed by atoms with E-state index < -0.39 is 6.16 Å². The second-order valence-electron chi connectivity index (χ2n) is 4.94. The van der Waals surface area contributed by atoms with Crippen LogP contribution in [-0.2, 0) is 11.3 Å². The maximum atomic E-state index is 11.3. The van der Waals surface area contributed by atoms with Gasteiger partial charge in [0.1, 0.15) is 12.4 Å². The maximum absolute atomic E-state index is 11.3. The molecular weight excluding hydrogens is 294 g/mol. The molecule has 0 fully saturated rings. The summed E-state index contributed by atoms with van der Waals surface area (Å²) in [6, 6.07) is 17.3. The molecule has 0 bridgehead atoms. The first kappa shape index (κ1) is 15.0. The van der Waals surface area contributed by atoms with E-state index in [4.69, 9.17) is 14.2 Å². The van der Waals surface area contributed by atoms with Crippen LogP contribution >= 0.6 is 0 Å². The molecule has 0 atom stereocenters. The fraction of sp³-hybridized carbons (Fsp3) is 0.167. The van der Waals surface area contributed by atoms with Crippen LogP contribution in [-0.4, -0.2) is 17.7 Å². The van der Waals surface area contributed by atoms with Crippen LogP contribution in [0.5, 0.6) is 11.6 Å². The van der Waals surface area contributed by atoms with Crippen LogP contribution in [0.25, 0.3) is 10.9 Å². The van der Waals surface area contributed by atoms with Gasteiger partial charge in [-0.2, -0.15) is 0 Å². The number of carbonyl (C=O) groups excluding carboxylic acids is 1. The van der Waals surface area contributed by atoms with Crippen molar-refractivity contribution >= 4 is 17.1 Å². The summed E-state index contributed by atoms with van der Waals surface area (Å²) in [5.41, 5.74) is 1.96. The molecule has 0 aliphatic heterocycles. The van der Waals surface area contributed by atoms with E-state index in [2.05, 4.69) is 4.98 Å². The topological polar surface area (TPSA) is 60.6 Å². The number of hydrogen-bond acceptors (Lipinski definition) is 4. The molecule has 0 amide bonds. The SMILES string of the molecule is CCOC(=O)Oc1cc2cc(OCc3ccccc3)ccc2[nH]1. The summed E-state index contributed by atoms with van der Waals surface area (Å²) in [6.07, 6.45) is -0.723. The molecule has 0 saturated carbocycles. The highest BCUT2D eigenvalue weighted by molar-refractivity contribution is 5.83. The van der Waals surface area contributed by atoms with Gasteiger partial charge in [-0.1, -0.05) is 30.3 Å². The van der Waals surface area contributed by atoms with E-state index in [9.17, 15) is 4.79 Å². The van der Waals surface area contributed by atoms with Crippen LogP contribution in [0.1, 0.15) is 12.5 Å². The van der Waals surface area contributed by atoms with E-state index in [0.717, 1.165) is 22.2 Å². The summed E-state index contributed by atoms with van der Waals surface area (Å²) < 4.78 is 15.6. The highest BCUT2D eigenvalue weighted by Crippen LogP contribution is 2.25. The second-order valence-corrected chi connectivity index (χ2v) is 4.94. The zero-order valence-electron chi connectivity index (χ0n) is 12.7. The Labute approximate surface area is 133 Å². The lowest BCUT2D eigenvalue weighted by atomic mass is 10.2. The van der Waals surface area contributed by atoms with Crippen molar-refractivity contribution in [3.8, 4) is 11.6 Å². The van der Waals surface area contributed by atoms with Crippen molar-refractivity contribution < 1.29 is 19.0 Å². The molecule has 23 heavy (non-hydrogen) atoms. The lowest BCUT2D eigenvalue weighted by Crippen LogP contribution is -2.09. The largest absolute Gasteiger partial charge is 0.515 e. The van der Waals surface area contributed by atoms with Crippen LogP contribution in [0.3, 0.4) is 0 Å². The molecule has 0 radical (unpaired) electrons. The van der Waals surface area contributed by atoms with Crippen molar-refractivity contribution in [3.63, 3.8) is 0 Å². The molecule has 0 unspecified atom stereocenters. The monoisotopic (exact) mass is 311 g/mol. The van der Waals surface area contributed by atoms with E-state index in [1.807, 2.05) is 48.5 Å². The van der Waals surface area contributed by atoms with E-state index >= 15 is 0 Å². The average molecular weight is 311 g/mol. The van der Waals surface area contributed by atoms with Gasteiger partial charge in [-0.05, 0) is 30.7 Å². The van der Waals surface area contributed by atoms with Crippen LogP contribution < -0.4 is 9.47 Å². The summed E-state index contributed by atoms with van der Waals surface area (Å²) in [4.78, 5) is 14.3. The Hall–Kier alpha value is -2.95. The van der Waals surface area contributed by atoms with E-state index in [0.29, 0.717) is 12.5 Å². The summed E-state index contributed by atoms with van der Waals surface area (Å²) >= 11 is 0. The van der Waals surface area contributed by atoms with Crippen LogP contribution in [0, 0.1) is 0 Å². The molecule has 1 aromatic heterocycles. The molecule has 2 aromatic carbocycles. The number of ether oxygens (including phenoxy) is 3. The van der Waals surface area contributed by atoms with Crippen molar-refractivity contribution in [3.05, 3.63) is 60.2 Å². The molecule has 5 nitrogen and oxygen atoms in total. The zero-order chi connectivity index (χ0) is 16.1. The summed E-state index contributed by atoms with van der Waals surface area (Å²) in [6.45, 7) is 2.50. The molecule has 0 spiro atoms. The Morgan fingerprint density at radius 1 is 1.09 bits per heavy atom. The lowest BCUT2D eigenvalue weighted by molar-refractivity contribution is 0.103. The maximum Gasteiger partial charge on any atom is 0.515 e. The Bertz CT molecular complexity index is 795. The quantitative estimate of drug-likeness (QED) is 0.714. The van der Waals surface area contributed by atoms with Gasteiger partial charge < -0.3 is 19.2 Å². The fourth-order valence-electron chi connectivity index (χ4n) is 2.21. The van der Waals surface area contributed by atoms with Gasteiger partial charge in [-0.15, -0.1) is 0 Å². The summed E-state index contributed by atoms with van der Waals surface area (Å²) in [5.74, 6) is 1.10. The third kappa shape index (κ3) is 3.83. The first-order chi connectivity index (χ1) is 11.2. The summed E-state index contributed by atoms with van der Waals surface area (Å²) in [7, 11) is 0. The number of aromatic nitrogens is 1. The minimum atomic E-state index is -0.723. The zero-order valence-corrected chi connectivity index (χ0v) is 12.7. The summed E-state index contributed by atoms with van der Waals surface area (Å²) in [5, 5.41) is 0.898. The van der Waals surface area contributed by atoms with Crippen molar-refractivity contribution in [2.45, 2.75) is 13.5 Å². The molecule has 0 aliphatic carbocycles. The third-order valence-electron chi connectivity index (χ3n) is 3.27. The number of aromatic amines is 1. The van der Waals surface area contributed by atoms with Crippen molar-refractivity contribution in [2.24, 2.45) is 0 Å². The van der Waals surface area contributed by atoms with E-state index in [1.165, 1.54) is 0 Å². The van der Waals surface area contributed by atoms with Gasteiger partial charge in [0.2, 0.25) is 5.88 Å². The molecule has 3 rings (SSSR count). The smallest absolute Gasteiger partial charge is 0.489 e. The second kappa shape index (κ2) is 6.87. The fourth-order valence-corrected chi connectivity index (χ4v) is 2.21. The van der Waals surface area contributed by atoms with Gasteiger partial charge in [-0.3, -0.25) is 0 Å². The molecule has 1 N–H and O–H groups in total. The van der Waals surface area contributed by atoms with Gasteiger partial charge in [0, 0.05) is 17.0 Å². The first-order valence-corrected chi connectivity index (χ1v) is 7.38. The van der Waals surface area contributed by atoms with Crippen LogP contribution in [0.2, 0.25) is 0 Å². The Kier molecular flexibility index (Phi) is 4.47. The average Bonchev–Trinajstić information content (AvgIpc) is 2.95. The van der Waals surface area contributed by atoms with Gasteiger partial charge >= 0.3 is 6.16 Å². The Morgan fingerprint density at radius 2 is 1.91 bits per heavy atom. The van der Waals surface area contributed by atoms with Crippen LogP contribution in [0.15, 0.2) is 54.6 Å². The minimum Gasteiger partial charge on any atom is -0.489 e. The van der Waals surface area contributed by atoms with Crippen molar-refractivity contribution in [1.82, 2.24) is 4.98 Å². The van der Waals surface area contributed by atoms with Gasteiger partial charge in [0.15, 0.2) is 0 Å². The Balaban J connectivity index is 1.70. The molecule has 3 aromatic rings.